The fourth-order valence-corrected chi connectivity index (χ4v) is 1.47. The van der Waals surface area contributed by atoms with E-state index in [1.807, 2.05) is 0 Å². The number of alkyl halides is 1. The molecule has 0 bridgehead atoms. The number of rotatable bonds is 2. The number of ether oxygens (including phenoxy) is 1. The van der Waals surface area contributed by atoms with Gasteiger partial charge in [0.15, 0.2) is 0 Å². The first kappa shape index (κ1) is 11.7. The average molecular weight is 219 g/mol. The highest BCUT2D eigenvalue weighted by atomic mass is 19.1. The maximum absolute atomic E-state index is 13.9. The molecular formula is C9H14FNO4. The number of likely N-dealkylation sites (tertiary alicyclic amines) is 1. The van der Waals surface area contributed by atoms with Gasteiger partial charge >= 0.3 is 12.1 Å². The Morgan fingerprint density at radius 1 is 1.47 bits per heavy atom. The van der Waals surface area contributed by atoms with Gasteiger partial charge in [-0.25, -0.2) is 9.18 Å². The molecule has 5 nitrogen and oxygen atoms in total. The molecule has 1 rings (SSSR count). The van der Waals surface area contributed by atoms with Crippen molar-refractivity contribution < 1.29 is 23.8 Å². The van der Waals surface area contributed by atoms with Crippen molar-refractivity contribution in [3.05, 3.63) is 0 Å². The lowest BCUT2D eigenvalue weighted by Crippen LogP contribution is -2.46. The van der Waals surface area contributed by atoms with Crippen LogP contribution in [0.15, 0.2) is 0 Å². The second-order valence-corrected chi connectivity index (χ2v) is 3.70. The monoisotopic (exact) mass is 219 g/mol. The van der Waals surface area contributed by atoms with Crippen LogP contribution in [0, 0.1) is 0 Å². The Hall–Kier alpha value is -1.33. The van der Waals surface area contributed by atoms with Gasteiger partial charge in [0, 0.05) is 32.9 Å². The molecule has 0 aromatic carbocycles. The van der Waals surface area contributed by atoms with Crippen molar-refractivity contribution in [2.75, 3.05) is 19.7 Å². The fourth-order valence-electron chi connectivity index (χ4n) is 1.47. The molecule has 1 aliphatic rings. The average Bonchev–Trinajstić information content (AvgIpc) is 2.16. The molecule has 86 valence electrons. The number of nitrogens with zero attached hydrogens (tertiary/aromatic N) is 1. The van der Waals surface area contributed by atoms with Crippen LogP contribution in [0.4, 0.5) is 9.18 Å². The van der Waals surface area contributed by atoms with Gasteiger partial charge in [0.2, 0.25) is 0 Å². The Kier molecular flexibility index (Phi) is 3.49. The van der Waals surface area contributed by atoms with Crippen LogP contribution < -0.4 is 0 Å². The number of piperidine rings is 1. The minimum Gasteiger partial charge on any atom is -0.465 e. The Labute approximate surface area is 86.8 Å². The Morgan fingerprint density at radius 2 is 2.00 bits per heavy atom. The molecule has 0 atom stereocenters. The molecule has 15 heavy (non-hydrogen) atoms. The SMILES string of the molecule is CC(=O)OCC1(F)CCN(C(=O)O)CC1. The molecule has 1 amide bonds. The van der Waals surface area contributed by atoms with Gasteiger partial charge in [0.1, 0.15) is 12.3 Å². The predicted molar refractivity (Wildman–Crippen MR) is 49.3 cm³/mol. The smallest absolute Gasteiger partial charge is 0.407 e. The standard InChI is InChI=1S/C9H14FNO4/c1-7(12)15-6-9(10)2-4-11(5-3-9)8(13)14/h2-6H2,1H3,(H,13,14). The van der Waals surface area contributed by atoms with E-state index in [2.05, 4.69) is 4.74 Å². The van der Waals surface area contributed by atoms with Crippen LogP contribution in [0.25, 0.3) is 0 Å². The third-order valence-electron chi connectivity index (χ3n) is 2.46. The van der Waals surface area contributed by atoms with Gasteiger partial charge in [0.25, 0.3) is 0 Å². The number of carbonyl (C=O) groups is 2. The van der Waals surface area contributed by atoms with E-state index in [1.165, 1.54) is 6.92 Å². The minimum atomic E-state index is -1.57. The van der Waals surface area contributed by atoms with Gasteiger partial charge < -0.3 is 14.7 Å². The number of amides is 1. The zero-order chi connectivity index (χ0) is 11.5. The van der Waals surface area contributed by atoms with Crippen molar-refractivity contribution >= 4 is 12.1 Å². The summed E-state index contributed by atoms with van der Waals surface area (Å²) in [5, 5.41) is 8.64. The first-order chi connectivity index (χ1) is 6.93. The Bertz CT molecular complexity index is 261. The number of hydrogen-bond donors (Lipinski definition) is 1. The molecule has 6 heteroatoms. The van der Waals surface area contributed by atoms with Crippen LogP contribution in [0.1, 0.15) is 19.8 Å². The summed E-state index contributed by atoms with van der Waals surface area (Å²) < 4.78 is 18.5. The largest absolute Gasteiger partial charge is 0.465 e. The summed E-state index contributed by atoms with van der Waals surface area (Å²) in [5.41, 5.74) is -1.57. The molecule has 0 spiro atoms. The molecule has 1 aliphatic heterocycles. The number of hydrogen-bond acceptors (Lipinski definition) is 3. The van der Waals surface area contributed by atoms with Crippen LogP contribution in [-0.2, 0) is 9.53 Å². The number of carboxylic acid groups (broad SMARTS) is 1. The molecule has 0 unspecified atom stereocenters. The lowest BCUT2D eigenvalue weighted by Gasteiger charge is -2.34. The zero-order valence-corrected chi connectivity index (χ0v) is 8.53. The van der Waals surface area contributed by atoms with Gasteiger partial charge in [-0.2, -0.15) is 0 Å². The highest BCUT2D eigenvalue weighted by Gasteiger charge is 2.37. The highest BCUT2D eigenvalue weighted by molar-refractivity contribution is 5.66. The minimum absolute atomic E-state index is 0.0760. The maximum atomic E-state index is 13.9. The molecule has 0 aliphatic carbocycles. The lowest BCUT2D eigenvalue weighted by atomic mass is 9.94. The van der Waals surface area contributed by atoms with Crippen molar-refractivity contribution in [1.29, 1.82) is 0 Å². The van der Waals surface area contributed by atoms with Crippen LogP contribution in [0.3, 0.4) is 0 Å². The first-order valence-corrected chi connectivity index (χ1v) is 4.73. The zero-order valence-electron chi connectivity index (χ0n) is 8.53. The lowest BCUT2D eigenvalue weighted by molar-refractivity contribution is -0.146. The van der Waals surface area contributed by atoms with E-state index in [0.717, 1.165) is 4.90 Å². The Balaban J connectivity index is 2.40. The van der Waals surface area contributed by atoms with Crippen LogP contribution in [0.5, 0.6) is 0 Å². The third kappa shape index (κ3) is 3.38. The second-order valence-electron chi connectivity index (χ2n) is 3.70. The molecular weight excluding hydrogens is 205 g/mol. The normalized spacial score (nSPS) is 19.7. The van der Waals surface area contributed by atoms with Gasteiger partial charge in [0.05, 0.1) is 0 Å². The van der Waals surface area contributed by atoms with Crippen molar-refractivity contribution in [3.8, 4) is 0 Å². The van der Waals surface area contributed by atoms with Gasteiger partial charge in [-0.15, -0.1) is 0 Å². The topological polar surface area (TPSA) is 66.8 Å². The van der Waals surface area contributed by atoms with E-state index in [1.54, 1.807) is 0 Å². The maximum Gasteiger partial charge on any atom is 0.407 e. The third-order valence-corrected chi connectivity index (χ3v) is 2.46. The summed E-state index contributed by atoms with van der Waals surface area (Å²) >= 11 is 0. The molecule has 0 aromatic rings. The highest BCUT2D eigenvalue weighted by Crippen LogP contribution is 2.26. The summed E-state index contributed by atoms with van der Waals surface area (Å²) in [6.45, 7) is 1.23. The summed E-state index contributed by atoms with van der Waals surface area (Å²) in [6, 6.07) is 0. The van der Waals surface area contributed by atoms with Gasteiger partial charge in [-0.1, -0.05) is 0 Å². The van der Waals surface area contributed by atoms with E-state index in [0.29, 0.717) is 0 Å². The van der Waals surface area contributed by atoms with E-state index in [4.69, 9.17) is 5.11 Å². The molecule has 1 N–H and O–H groups in total. The molecule has 0 saturated carbocycles. The molecule has 1 saturated heterocycles. The van der Waals surface area contributed by atoms with Crippen molar-refractivity contribution in [3.63, 3.8) is 0 Å². The summed E-state index contributed by atoms with van der Waals surface area (Å²) in [7, 11) is 0. The van der Waals surface area contributed by atoms with Crippen molar-refractivity contribution in [2.24, 2.45) is 0 Å². The van der Waals surface area contributed by atoms with E-state index in [-0.39, 0.29) is 32.5 Å². The summed E-state index contributed by atoms with van der Waals surface area (Å²) in [4.78, 5) is 22.2. The van der Waals surface area contributed by atoms with E-state index in [9.17, 15) is 14.0 Å². The number of halogens is 1. The molecule has 1 fully saturated rings. The molecule has 1 heterocycles. The summed E-state index contributed by atoms with van der Waals surface area (Å²) in [6.07, 6.45) is -0.886. The van der Waals surface area contributed by atoms with Crippen molar-refractivity contribution in [2.45, 2.75) is 25.4 Å². The van der Waals surface area contributed by atoms with E-state index >= 15 is 0 Å². The van der Waals surface area contributed by atoms with Crippen LogP contribution in [0.2, 0.25) is 0 Å². The quantitative estimate of drug-likeness (QED) is 0.704. The number of esters is 1. The van der Waals surface area contributed by atoms with Crippen LogP contribution >= 0.6 is 0 Å². The Morgan fingerprint density at radius 3 is 2.40 bits per heavy atom. The van der Waals surface area contributed by atoms with Gasteiger partial charge in [-0.3, -0.25) is 4.79 Å². The fraction of sp³-hybridized carbons (Fsp3) is 0.778. The summed E-state index contributed by atoms with van der Waals surface area (Å²) in [5.74, 6) is -0.521. The van der Waals surface area contributed by atoms with Crippen LogP contribution in [-0.4, -0.2) is 47.4 Å². The van der Waals surface area contributed by atoms with Gasteiger partial charge in [-0.05, 0) is 0 Å². The second kappa shape index (κ2) is 4.46. The first-order valence-electron chi connectivity index (χ1n) is 4.73. The van der Waals surface area contributed by atoms with Crippen molar-refractivity contribution in [1.82, 2.24) is 4.90 Å². The molecule has 0 aromatic heterocycles. The number of carbonyl (C=O) groups excluding carboxylic acids is 1. The van der Waals surface area contributed by atoms with E-state index < -0.39 is 17.7 Å². The molecule has 0 radical (unpaired) electrons. The predicted octanol–water partition coefficient (Wildman–Crippen LogP) is 1.03.